The van der Waals surface area contributed by atoms with E-state index in [4.69, 9.17) is 5.11 Å². The van der Waals surface area contributed by atoms with Crippen LogP contribution in [0.15, 0.2) is 29.2 Å². The van der Waals surface area contributed by atoms with Crippen molar-refractivity contribution in [1.29, 1.82) is 0 Å². The van der Waals surface area contributed by atoms with E-state index in [-0.39, 0.29) is 11.3 Å². The minimum Gasteiger partial charge on any atom is -0.481 e. The van der Waals surface area contributed by atoms with Gasteiger partial charge in [0, 0.05) is 12.7 Å². The first kappa shape index (κ1) is 16.6. The van der Waals surface area contributed by atoms with Crippen molar-refractivity contribution >= 4 is 25.6 Å². The van der Waals surface area contributed by atoms with Crippen molar-refractivity contribution in [3.8, 4) is 0 Å². The summed E-state index contributed by atoms with van der Waals surface area (Å²) in [5.74, 6) is -1.80. The number of carbonyl (C=O) groups is 1. The van der Waals surface area contributed by atoms with E-state index < -0.39 is 37.1 Å². The molecule has 0 radical (unpaired) electrons. The Morgan fingerprint density at radius 3 is 2.05 bits per heavy atom. The second kappa shape index (κ2) is 6.36. The van der Waals surface area contributed by atoms with Gasteiger partial charge in [-0.3, -0.25) is 4.79 Å². The molecule has 0 spiro atoms. The van der Waals surface area contributed by atoms with Crippen LogP contribution in [0.4, 0.5) is 0 Å². The number of benzene rings is 1. The number of aryl methyl sites for hydroxylation is 1. The molecule has 0 amide bonds. The SMILES string of the molecule is CS(=O)(=O)CCS(=O)(=O)c1ccc(CCC(=O)O)cc1. The summed E-state index contributed by atoms with van der Waals surface area (Å²) in [7, 11) is -6.97. The topological polar surface area (TPSA) is 106 Å². The van der Waals surface area contributed by atoms with Crippen LogP contribution in [-0.4, -0.2) is 45.7 Å². The molecule has 0 atom stereocenters. The lowest BCUT2D eigenvalue weighted by molar-refractivity contribution is -0.136. The lowest BCUT2D eigenvalue weighted by Crippen LogP contribution is -2.16. The van der Waals surface area contributed by atoms with Crippen molar-refractivity contribution in [3.63, 3.8) is 0 Å². The second-order valence-corrected chi connectivity index (χ2v) is 8.86. The van der Waals surface area contributed by atoms with Crippen LogP contribution in [0.5, 0.6) is 0 Å². The number of carboxylic acid groups (broad SMARTS) is 1. The van der Waals surface area contributed by atoms with Crippen LogP contribution in [0.25, 0.3) is 0 Å². The molecule has 8 heteroatoms. The fraction of sp³-hybridized carbons (Fsp3) is 0.417. The Bertz CT molecular complexity index is 671. The van der Waals surface area contributed by atoms with Gasteiger partial charge in [-0.1, -0.05) is 12.1 Å². The van der Waals surface area contributed by atoms with Crippen molar-refractivity contribution in [2.75, 3.05) is 17.8 Å². The smallest absolute Gasteiger partial charge is 0.303 e. The van der Waals surface area contributed by atoms with E-state index in [9.17, 15) is 21.6 Å². The minimum absolute atomic E-state index is 0.0276. The van der Waals surface area contributed by atoms with Crippen molar-refractivity contribution in [1.82, 2.24) is 0 Å². The lowest BCUT2D eigenvalue weighted by atomic mass is 10.1. The quantitative estimate of drug-likeness (QED) is 0.785. The highest BCUT2D eigenvalue weighted by Crippen LogP contribution is 2.14. The fourth-order valence-corrected chi connectivity index (χ4v) is 4.37. The Balaban J connectivity index is 2.79. The fourth-order valence-electron chi connectivity index (χ4n) is 1.49. The number of aliphatic carboxylic acids is 1. The van der Waals surface area contributed by atoms with Crippen molar-refractivity contribution < 1.29 is 26.7 Å². The van der Waals surface area contributed by atoms with Gasteiger partial charge in [0.1, 0.15) is 9.84 Å². The molecule has 0 heterocycles. The molecule has 0 saturated heterocycles. The summed E-state index contributed by atoms with van der Waals surface area (Å²) in [6.45, 7) is 0. The van der Waals surface area contributed by atoms with Gasteiger partial charge in [0.05, 0.1) is 16.4 Å². The molecule has 0 bridgehead atoms. The molecule has 1 aromatic rings. The van der Waals surface area contributed by atoms with Crippen molar-refractivity contribution in [3.05, 3.63) is 29.8 Å². The normalized spacial score (nSPS) is 12.2. The Kier molecular flexibility index (Phi) is 5.29. The summed E-state index contributed by atoms with van der Waals surface area (Å²) in [4.78, 5) is 10.5. The average molecular weight is 320 g/mol. The zero-order valence-electron chi connectivity index (χ0n) is 10.9. The van der Waals surface area contributed by atoms with Gasteiger partial charge < -0.3 is 5.11 Å². The van der Waals surface area contributed by atoms with E-state index >= 15 is 0 Å². The third kappa shape index (κ3) is 5.70. The number of rotatable bonds is 7. The highest BCUT2D eigenvalue weighted by molar-refractivity contribution is 7.94. The minimum atomic E-state index is -3.64. The summed E-state index contributed by atoms with van der Waals surface area (Å²) in [5.41, 5.74) is 0.717. The van der Waals surface area contributed by atoms with E-state index in [2.05, 4.69) is 0 Å². The molecule has 0 aliphatic heterocycles. The molecule has 0 aliphatic carbocycles. The molecule has 20 heavy (non-hydrogen) atoms. The monoisotopic (exact) mass is 320 g/mol. The summed E-state index contributed by atoms with van der Waals surface area (Å²) < 4.78 is 45.8. The van der Waals surface area contributed by atoms with Crippen LogP contribution in [0.1, 0.15) is 12.0 Å². The maximum absolute atomic E-state index is 11.9. The number of sulfone groups is 2. The zero-order chi connectivity index (χ0) is 15.4. The summed E-state index contributed by atoms with van der Waals surface area (Å²) in [6, 6.07) is 5.82. The molecular weight excluding hydrogens is 304 g/mol. The number of carboxylic acids is 1. The molecule has 0 aliphatic rings. The van der Waals surface area contributed by atoms with Crippen LogP contribution in [0.2, 0.25) is 0 Å². The number of hydrogen-bond donors (Lipinski definition) is 1. The molecule has 1 aromatic carbocycles. The first-order valence-electron chi connectivity index (χ1n) is 5.81. The third-order valence-electron chi connectivity index (χ3n) is 2.63. The van der Waals surface area contributed by atoms with Crippen LogP contribution in [0, 0.1) is 0 Å². The molecule has 0 aromatic heterocycles. The Labute approximate surface area is 118 Å². The van der Waals surface area contributed by atoms with Crippen LogP contribution in [0.3, 0.4) is 0 Å². The van der Waals surface area contributed by atoms with Gasteiger partial charge in [-0.15, -0.1) is 0 Å². The highest BCUT2D eigenvalue weighted by atomic mass is 32.2. The van der Waals surface area contributed by atoms with E-state index in [0.29, 0.717) is 6.42 Å². The highest BCUT2D eigenvalue weighted by Gasteiger charge is 2.17. The van der Waals surface area contributed by atoms with Crippen molar-refractivity contribution in [2.45, 2.75) is 17.7 Å². The maximum atomic E-state index is 11.9. The van der Waals surface area contributed by atoms with E-state index in [1.165, 1.54) is 24.3 Å². The molecule has 1 rings (SSSR count). The predicted molar refractivity (Wildman–Crippen MR) is 74.2 cm³/mol. The van der Waals surface area contributed by atoms with Gasteiger partial charge in [-0.2, -0.15) is 0 Å². The molecule has 112 valence electrons. The van der Waals surface area contributed by atoms with E-state index in [1.54, 1.807) is 0 Å². The lowest BCUT2D eigenvalue weighted by Gasteiger charge is -2.05. The molecular formula is C12H16O6S2. The molecule has 0 fully saturated rings. The van der Waals surface area contributed by atoms with E-state index in [0.717, 1.165) is 11.8 Å². The summed E-state index contributed by atoms with van der Waals surface area (Å²) >= 11 is 0. The van der Waals surface area contributed by atoms with Gasteiger partial charge in [0.2, 0.25) is 0 Å². The standard InChI is InChI=1S/C12H16O6S2/c1-19(15,16)8-9-20(17,18)11-5-2-10(3-6-11)4-7-12(13)14/h2-3,5-6H,4,7-9H2,1H3,(H,13,14). The Morgan fingerprint density at radius 2 is 1.60 bits per heavy atom. The van der Waals surface area contributed by atoms with Gasteiger partial charge in [-0.25, -0.2) is 16.8 Å². The summed E-state index contributed by atoms with van der Waals surface area (Å²) in [5, 5.41) is 8.55. The second-order valence-electron chi connectivity index (χ2n) is 4.49. The van der Waals surface area contributed by atoms with Gasteiger partial charge in [0.15, 0.2) is 9.84 Å². The van der Waals surface area contributed by atoms with Crippen LogP contribution >= 0.6 is 0 Å². The molecule has 1 N–H and O–H groups in total. The third-order valence-corrected chi connectivity index (χ3v) is 5.57. The predicted octanol–water partition coefficient (Wildman–Crippen LogP) is 0.522. The van der Waals surface area contributed by atoms with E-state index in [1.807, 2.05) is 0 Å². The molecule has 6 nitrogen and oxygen atoms in total. The van der Waals surface area contributed by atoms with Crippen LogP contribution in [-0.2, 0) is 30.9 Å². The Morgan fingerprint density at radius 1 is 1.05 bits per heavy atom. The summed E-state index contributed by atoms with van der Waals surface area (Å²) in [6.07, 6.45) is 1.27. The molecule has 0 saturated carbocycles. The van der Waals surface area contributed by atoms with Gasteiger partial charge in [-0.05, 0) is 24.1 Å². The largest absolute Gasteiger partial charge is 0.481 e. The van der Waals surface area contributed by atoms with Gasteiger partial charge in [0.25, 0.3) is 0 Å². The van der Waals surface area contributed by atoms with Crippen molar-refractivity contribution in [2.24, 2.45) is 0 Å². The first-order valence-corrected chi connectivity index (χ1v) is 9.53. The first-order chi connectivity index (χ1) is 9.10. The maximum Gasteiger partial charge on any atom is 0.303 e. The van der Waals surface area contributed by atoms with Gasteiger partial charge >= 0.3 is 5.97 Å². The molecule has 0 unspecified atom stereocenters. The zero-order valence-corrected chi connectivity index (χ0v) is 12.6. The Hall–Kier alpha value is -1.41. The number of hydrogen-bond acceptors (Lipinski definition) is 5. The van der Waals surface area contributed by atoms with Crippen LogP contribution < -0.4 is 0 Å². The average Bonchev–Trinajstić information content (AvgIpc) is 2.34.